The zero-order chi connectivity index (χ0) is 6.69. The molecule has 48 valence electrons. The number of hydrogen-bond acceptors (Lipinski definition) is 2. The lowest BCUT2D eigenvalue weighted by Gasteiger charge is -1.92. The third kappa shape index (κ3) is 1.63. The Balaban J connectivity index is 2.76. The lowest BCUT2D eigenvalue weighted by Crippen LogP contribution is -1.83. The van der Waals surface area contributed by atoms with Gasteiger partial charge in [0.05, 0.1) is 0 Å². The molecule has 0 spiro atoms. The summed E-state index contributed by atoms with van der Waals surface area (Å²) in [5.74, 6) is 0. The van der Waals surface area contributed by atoms with Crippen molar-refractivity contribution in [1.29, 1.82) is 0 Å². The molecule has 0 bridgehead atoms. The van der Waals surface area contributed by atoms with Gasteiger partial charge in [0.25, 0.3) is 0 Å². The van der Waals surface area contributed by atoms with Gasteiger partial charge in [0.15, 0.2) is 0 Å². The molecule has 0 saturated carbocycles. The average Bonchev–Trinajstić information content (AvgIpc) is 2.37. The molecule has 0 aliphatic rings. The first-order chi connectivity index (χ1) is 4.34. The van der Waals surface area contributed by atoms with Gasteiger partial charge in [0.1, 0.15) is 11.1 Å². The quantitative estimate of drug-likeness (QED) is 0.535. The second-order valence-corrected chi connectivity index (χ2v) is 3.52. The summed E-state index contributed by atoms with van der Waals surface area (Å²) >= 11 is 4.78. The minimum absolute atomic E-state index is 0.113. The monoisotopic (exact) mass is 204 g/mol. The van der Waals surface area contributed by atoms with Crippen molar-refractivity contribution in [3.8, 4) is 0 Å². The maximum atomic E-state index is 10.2. The van der Waals surface area contributed by atoms with Crippen molar-refractivity contribution < 1.29 is 4.79 Å². The lowest BCUT2D eigenvalue weighted by atomic mass is 10.4. The summed E-state index contributed by atoms with van der Waals surface area (Å²) in [6, 6.07) is 3.86. The molecular formula is C6H5BrOS. The number of carbonyl (C=O) groups is 1. The molecule has 0 fully saturated rings. The van der Waals surface area contributed by atoms with E-state index in [1.54, 1.807) is 11.3 Å². The number of thiophene rings is 1. The molecule has 1 aromatic rings. The average molecular weight is 205 g/mol. The highest BCUT2D eigenvalue weighted by atomic mass is 79.9. The molecule has 0 aromatic carbocycles. The van der Waals surface area contributed by atoms with Crippen LogP contribution >= 0.6 is 27.3 Å². The van der Waals surface area contributed by atoms with Crippen LogP contribution < -0.4 is 0 Å². The third-order valence-corrected chi connectivity index (χ3v) is 2.90. The zero-order valence-corrected chi connectivity index (χ0v) is 6.98. The maximum Gasteiger partial charge on any atom is 0.138 e. The van der Waals surface area contributed by atoms with Crippen LogP contribution in [0.25, 0.3) is 0 Å². The number of carbonyl (C=O) groups excluding carboxylic acids is 1. The number of hydrogen-bond donors (Lipinski definition) is 0. The van der Waals surface area contributed by atoms with Crippen LogP contribution in [0.5, 0.6) is 0 Å². The Morgan fingerprint density at radius 2 is 2.56 bits per heavy atom. The molecule has 0 radical (unpaired) electrons. The molecule has 0 N–H and O–H groups in total. The SMILES string of the molecule is O=CC(Br)c1cccs1. The molecule has 0 aliphatic carbocycles. The van der Waals surface area contributed by atoms with E-state index in [1.165, 1.54) is 0 Å². The maximum absolute atomic E-state index is 10.2. The zero-order valence-electron chi connectivity index (χ0n) is 4.58. The number of rotatable bonds is 2. The van der Waals surface area contributed by atoms with E-state index >= 15 is 0 Å². The Morgan fingerprint density at radius 3 is 3.00 bits per heavy atom. The van der Waals surface area contributed by atoms with E-state index in [0.717, 1.165) is 11.2 Å². The van der Waals surface area contributed by atoms with E-state index in [4.69, 9.17) is 0 Å². The highest BCUT2D eigenvalue weighted by molar-refractivity contribution is 9.09. The first kappa shape index (κ1) is 6.96. The Morgan fingerprint density at radius 1 is 1.78 bits per heavy atom. The van der Waals surface area contributed by atoms with Crippen molar-refractivity contribution in [2.24, 2.45) is 0 Å². The number of alkyl halides is 1. The van der Waals surface area contributed by atoms with Gasteiger partial charge in [-0.3, -0.25) is 0 Å². The van der Waals surface area contributed by atoms with E-state index < -0.39 is 0 Å². The van der Waals surface area contributed by atoms with Crippen LogP contribution in [0.4, 0.5) is 0 Å². The van der Waals surface area contributed by atoms with Crippen LogP contribution in [0, 0.1) is 0 Å². The van der Waals surface area contributed by atoms with Gasteiger partial charge in [-0.05, 0) is 11.4 Å². The second-order valence-electron chi connectivity index (χ2n) is 1.55. The van der Waals surface area contributed by atoms with Gasteiger partial charge in [0.2, 0.25) is 0 Å². The summed E-state index contributed by atoms with van der Waals surface area (Å²) in [6.07, 6.45) is 0.881. The van der Waals surface area contributed by atoms with Gasteiger partial charge in [-0.25, -0.2) is 0 Å². The predicted octanol–water partition coefficient (Wildman–Crippen LogP) is 2.38. The van der Waals surface area contributed by atoms with Crippen LogP contribution in [0.2, 0.25) is 0 Å². The molecule has 0 aliphatic heterocycles. The summed E-state index contributed by atoms with van der Waals surface area (Å²) in [6.45, 7) is 0. The molecule has 1 nitrogen and oxygen atoms in total. The Bertz CT molecular complexity index is 183. The summed E-state index contributed by atoms with van der Waals surface area (Å²) in [5, 5.41) is 1.95. The summed E-state index contributed by atoms with van der Waals surface area (Å²) in [5.41, 5.74) is 0. The fourth-order valence-corrected chi connectivity index (χ4v) is 1.65. The first-order valence-corrected chi connectivity index (χ1v) is 4.27. The van der Waals surface area contributed by atoms with Gasteiger partial charge >= 0.3 is 0 Å². The Labute approximate surface area is 65.8 Å². The molecule has 3 heteroatoms. The molecule has 1 aromatic heterocycles. The normalized spacial score (nSPS) is 13.0. The van der Waals surface area contributed by atoms with Gasteiger partial charge in [-0.1, -0.05) is 22.0 Å². The van der Waals surface area contributed by atoms with Crippen LogP contribution in [0.3, 0.4) is 0 Å². The standard InChI is InChI=1S/C6H5BrOS/c7-5(4-8)6-2-1-3-9-6/h1-5H. The van der Waals surface area contributed by atoms with Crippen molar-refractivity contribution in [2.75, 3.05) is 0 Å². The van der Waals surface area contributed by atoms with E-state index in [1.807, 2.05) is 17.5 Å². The molecule has 0 amide bonds. The Kier molecular flexibility index (Phi) is 2.42. The molecular weight excluding hydrogens is 200 g/mol. The number of aldehydes is 1. The topological polar surface area (TPSA) is 17.1 Å². The molecule has 1 heterocycles. The van der Waals surface area contributed by atoms with E-state index in [9.17, 15) is 4.79 Å². The fourth-order valence-electron chi connectivity index (χ4n) is 0.515. The van der Waals surface area contributed by atoms with Crippen LogP contribution in [0.1, 0.15) is 9.70 Å². The highest BCUT2D eigenvalue weighted by Crippen LogP contribution is 2.23. The van der Waals surface area contributed by atoms with E-state index in [-0.39, 0.29) is 4.83 Å². The molecule has 0 saturated heterocycles. The van der Waals surface area contributed by atoms with Crippen molar-refractivity contribution in [3.05, 3.63) is 22.4 Å². The van der Waals surface area contributed by atoms with Gasteiger partial charge < -0.3 is 4.79 Å². The van der Waals surface area contributed by atoms with Crippen LogP contribution in [0.15, 0.2) is 17.5 Å². The van der Waals surface area contributed by atoms with Gasteiger partial charge in [-0.15, -0.1) is 11.3 Å². The summed E-state index contributed by atoms with van der Waals surface area (Å²) in [4.78, 5) is 11.1. The van der Waals surface area contributed by atoms with E-state index in [2.05, 4.69) is 15.9 Å². The smallest absolute Gasteiger partial charge is 0.138 e. The number of halogens is 1. The highest BCUT2D eigenvalue weighted by Gasteiger charge is 2.04. The largest absolute Gasteiger partial charge is 0.302 e. The van der Waals surface area contributed by atoms with Gasteiger partial charge in [-0.2, -0.15) is 0 Å². The molecule has 1 unspecified atom stereocenters. The van der Waals surface area contributed by atoms with Crippen molar-refractivity contribution in [2.45, 2.75) is 4.83 Å². The summed E-state index contributed by atoms with van der Waals surface area (Å²) in [7, 11) is 0. The minimum Gasteiger partial charge on any atom is -0.302 e. The predicted molar refractivity (Wildman–Crippen MR) is 42.1 cm³/mol. The lowest BCUT2D eigenvalue weighted by molar-refractivity contribution is -0.107. The molecule has 1 rings (SSSR count). The van der Waals surface area contributed by atoms with Crippen molar-refractivity contribution in [3.63, 3.8) is 0 Å². The van der Waals surface area contributed by atoms with Crippen molar-refractivity contribution in [1.82, 2.24) is 0 Å². The minimum atomic E-state index is -0.113. The fraction of sp³-hybridized carbons (Fsp3) is 0.167. The second kappa shape index (κ2) is 3.13. The van der Waals surface area contributed by atoms with Gasteiger partial charge in [0, 0.05) is 4.88 Å². The summed E-state index contributed by atoms with van der Waals surface area (Å²) < 4.78 is 0. The third-order valence-electron chi connectivity index (χ3n) is 0.934. The molecule has 9 heavy (non-hydrogen) atoms. The molecule has 1 atom stereocenters. The van der Waals surface area contributed by atoms with Crippen LogP contribution in [-0.2, 0) is 4.79 Å². The van der Waals surface area contributed by atoms with Crippen molar-refractivity contribution >= 4 is 33.6 Å². The first-order valence-electron chi connectivity index (χ1n) is 2.47. The van der Waals surface area contributed by atoms with E-state index in [0.29, 0.717) is 0 Å². The van der Waals surface area contributed by atoms with Crippen LogP contribution in [-0.4, -0.2) is 6.29 Å². The Hall–Kier alpha value is -0.150.